The van der Waals surface area contributed by atoms with E-state index in [0.29, 0.717) is 36.0 Å². The number of aliphatic hydroxyl groups excluding tert-OH is 1. The molecule has 0 aliphatic carbocycles. The van der Waals surface area contributed by atoms with Gasteiger partial charge in [0.2, 0.25) is 5.91 Å². The average molecular weight is 368 g/mol. The van der Waals surface area contributed by atoms with Crippen LogP contribution in [0.15, 0.2) is 30.0 Å². The van der Waals surface area contributed by atoms with Crippen molar-refractivity contribution in [2.24, 2.45) is 5.73 Å². The first-order valence-electron chi connectivity index (χ1n) is 8.28. The van der Waals surface area contributed by atoms with Crippen molar-refractivity contribution in [3.63, 3.8) is 0 Å². The number of hydrogen-bond donors (Lipinski definition) is 3. The Labute approximate surface area is 151 Å². The van der Waals surface area contributed by atoms with Gasteiger partial charge in [-0.05, 0) is 31.1 Å². The van der Waals surface area contributed by atoms with E-state index in [1.54, 1.807) is 12.1 Å². The number of carbonyl (C=O) groups excluding carboxylic acids is 1. The highest BCUT2D eigenvalue weighted by Gasteiger charge is 2.34. The van der Waals surface area contributed by atoms with Crippen molar-refractivity contribution >= 4 is 23.2 Å². The topological polar surface area (TPSA) is 97.1 Å². The Kier molecular flexibility index (Phi) is 5.80. The number of benzene rings is 1. The van der Waals surface area contributed by atoms with Gasteiger partial charge in [-0.3, -0.25) is 9.69 Å². The van der Waals surface area contributed by atoms with Gasteiger partial charge in [0.1, 0.15) is 6.61 Å². The van der Waals surface area contributed by atoms with Gasteiger partial charge in [0.05, 0.1) is 6.61 Å². The van der Waals surface area contributed by atoms with Crippen LogP contribution in [0.25, 0.3) is 0 Å². The monoisotopic (exact) mass is 367 g/mol. The number of hydrogen-bond acceptors (Lipinski definition) is 6. The zero-order valence-electron chi connectivity index (χ0n) is 13.8. The van der Waals surface area contributed by atoms with Gasteiger partial charge in [0.25, 0.3) is 0 Å². The Balaban J connectivity index is 1.62. The van der Waals surface area contributed by atoms with Gasteiger partial charge in [0, 0.05) is 35.4 Å². The summed E-state index contributed by atoms with van der Waals surface area (Å²) in [5.41, 5.74) is 7.09. The summed E-state index contributed by atoms with van der Waals surface area (Å²) in [4.78, 5) is 23.7. The van der Waals surface area contributed by atoms with Gasteiger partial charge in [-0.15, -0.1) is 0 Å². The molecule has 1 atom stereocenters. The Morgan fingerprint density at radius 2 is 2.20 bits per heavy atom. The number of likely N-dealkylation sites (tertiary alicyclic amines) is 1. The molecule has 7 nitrogen and oxygen atoms in total. The zero-order valence-corrected chi connectivity index (χ0v) is 14.5. The minimum atomic E-state index is -0.595. The minimum absolute atomic E-state index is 0.115. The van der Waals surface area contributed by atoms with E-state index in [9.17, 15) is 9.90 Å². The third-order valence-electron chi connectivity index (χ3n) is 4.58. The molecule has 8 heteroatoms. The molecule has 25 heavy (non-hydrogen) atoms. The van der Waals surface area contributed by atoms with Crippen molar-refractivity contribution in [1.82, 2.24) is 4.90 Å². The highest BCUT2D eigenvalue weighted by Crippen LogP contribution is 2.27. The molecule has 2 aliphatic rings. The van der Waals surface area contributed by atoms with Gasteiger partial charge >= 0.3 is 0 Å². The van der Waals surface area contributed by atoms with E-state index in [1.807, 2.05) is 17.0 Å². The van der Waals surface area contributed by atoms with Crippen LogP contribution in [-0.4, -0.2) is 47.7 Å². The van der Waals surface area contributed by atoms with Crippen LogP contribution in [0.4, 0.5) is 5.69 Å². The number of amides is 1. The average Bonchev–Trinajstić information content (AvgIpc) is 3.10. The molecule has 1 amide bonds. The van der Waals surface area contributed by atoms with Crippen molar-refractivity contribution < 1.29 is 19.7 Å². The van der Waals surface area contributed by atoms with Crippen LogP contribution < -0.4 is 11.1 Å². The molecular weight excluding hydrogens is 346 g/mol. The van der Waals surface area contributed by atoms with E-state index in [4.69, 9.17) is 27.1 Å². The quantitative estimate of drug-likeness (QED) is 0.658. The van der Waals surface area contributed by atoms with Crippen molar-refractivity contribution in [2.45, 2.75) is 31.5 Å². The molecular formula is C17H22ClN3O4. The van der Waals surface area contributed by atoms with Crippen LogP contribution in [0.1, 0.15) is 18.4 Å². The lowest BCUT2D eigenvalue weighted by molar-refractivity contribution is -0.240. The summed E-state index contributed by atoms with van der Waals surface area (Å²) in [5, 5.41) is 13.5. The minimum Gasteiger partial charge on any atom is -0.392 e. The van der Waals surface area contributed by atoms with E-state index in [-0.39, 0.29) is 12.6 Å². The Bertz CT molecular complexity index is 659. The van der Waals surface area contributed by atoms with Crippen LogP contribution in [0.2, 0.25) is 5.02 Å². The first-order valence-corrected chi connectivity index (χ1v) is 8.65. The van der Waals surface area contributed by atoms with Gasteiger partial charge in [-0.1, -0.05) is 17.7 Å². The van der Waals surface area contributed by atoms with Crippen molar-refractivity contribution in [2.75, 3.05) is 25.0 Å². The zero-order chi connectivity index (χ0) is 17.8. The third-order valence-corrected chi connectivity index (χ3v) is 4.93. The van der Waals surface area contributed by atoms with Crippen molar-refractivity contribution in [1.29, 1.82) is 0 Å². The number of rotatable bonds is 6. The SMILES string of the molecule is NC(=O)C(C1=CCOO1)N1CCC(Nc2cccc(Cl)c2CO)CC1. The highest BCUT2D eigenvalue weighted by atomic mass is 35.5. The Morgan fingerprint density at radius 1 is 1.44 bits per heavy atom. The van der Waals surface area contributed by atoms with Gasteiger partial charge in [-0.2, -0.15) is 4.89 Å². The summed E-state index contributed by atoms with van der Waals surface area (Å²) < 4.78 is 0. The number of nitrogens with two attached hydrogens (primary N) is 1. The second-order valence-electron chi connectivity index (χ2n) is 6.16. The smallest absolute Gasteiger partial charge is 0.242 e. The highest BCUT2D eigenvalue weighted by molar-refractivity contribution is 6.31. The molecule has 1 aromatic rings. The van der Waals surface area contributed by atoms with Gasteiger partial charge in [0.15, 0.2) is 11.8 Å². The number of piperidine rings is 1. The molecule has 4 N–H and O–H groups in total. The molecule has 136 valence electrons. The predicted octanol–water partition coefficient (Wildman–Crippen LogP) is 1.41. The maximum atomic E-state index is 11.8. The number of carbonyl (C=O) groups is 1. The van der Waals surface area contributed by atoms with E-state index < -0.39 is 11.9 Å². The number of nitrogens with one attached hydrogen (secondary N) is 1. The summed E-state index contributed by atoms with van der Waals surface area (Å²) in [5.74, 6) is 0.0249. The van der Waals surface area contributed by atoms with E-state index >= 15 is 0 Å². The van der Waals surface area contributed by atoms with E-state index in [1.165, 1.54) is 0 Å². The van der Waals surface area contributed by atoms with Gasteiger partial charge < -0.3 is 21.0 Å². The number of anilines is 1. The number of halogens is 1. The second kappa shape index (κ2) is 8.05. The van der Waals surface area contributed by atoms with E-state index in [2.05, 4.69) is 5.32 Å². The molecule has 0 saturated carbocycles. The third kappa shape index (κ3) is 4.07. The fourth-order valence-electron chi connectivity index (χ4n) is 3.29. The molecule has 2 heterocycles. The Hall–Kier alpha value is -1.80. The lowest BCUT2D eigenvalue weighted by Gasteiger charge is -2.36. The van der Waals surface area contributed by atoms with Crippen LogP contribution in [0.5, 0.6) is 0 Å². The van der Waals surface area contributed by atoms with Crippen LogP contribution in [0, 0.1) is 0 Å². The maximum Gasteiger partial charge on any atom is 0.242 e. The fourth-order valence-corrected chi connectivity index (χ4v) is 3.52. The molecule has 1 aromatic carbocycles. The molecule has 1 unspecified atom stereocenters. The van der Waals surface area contributed by atoms with E-state index in [0.717, 1.165) is 18.5 Å². The van der Waals surface area contributed by atoms with Gasteiger partial charge in [-0.25, -0.2) is 0 Å². The summed E-state index contributed by atoms with van der Waals surface area (Å²) in [6, 6.07) is 5.15. The molecule has 0 bridgehead atoms. The molecule has 0 aromatic heterocycles. The first kappa shape index (κ1) is 18.0. The molecule has 1 saturated heterocycles. The van der Waals surface area contributed by atoms with Crippen LogP contribution in [-0.2, 0) is 21.2 Å². The Morgan fingerprint density at radius 3 is 2.80 bits per heavy atom. The van der Waals surface area contributed by atoms with Crippen LogP contribution in [0.3, 0.4) is 0 Å². The normalized spacial score (nSPS) is 20.0. The summed E-state index contributed by atoms with van der Waals surface area (Å²) in [6.07, 6.45) is 3.39. The predicted molar refractivity (Wildman–Crippen MR) is 93.7 cm³/mol. The lowest BCUT2D eigenvalue weighted by atomic mass is 10.0. The molecule has 0 spiro atoms. The summed E-state index contributed by atoms with van der Waals surface area (Å²) in [7, 11) is 0. The first-order chi connectivity index (χ1) is 12.1. The number of aliphatic hydroxyl groups is 1. The molecule has 1 fully saturated rings. The second-order valence-corrected chi connectivity index (χ2v) is 6.57. The standard InChI is InChI=1S/C17H22ClN3O4/c18-13-2-1-3-14(12(13)10-22)20-11-4-7-21(8-5-11)16(17(19)23)15-6-9-24-25-15/h1-3,6,11,16,20,22H,4-5,7-10H2,(H2,19,23). The fraction of sp³-hybridized carbons (Fsp3) is 0.471. The molecule has 2 aliphatic heterocycles. The van der Waals surface area contributed by atoms with Crippen molar-refractivity contribution in [3.8, 4) is 0 Å². The maximum absolute atomic E-state index is 11.8. The summed E-state index contributed by atoms with van der Waals surface area (Å²) in [6.45, 7) is 1.61. The molecule has 0 radical (unpaired) electrons. The number of primary amides is 1. The van der Waals surface area contributed by atoms with Crippen molar-refractivity contribution in [3.05, 3.63) is 40.6 Å². The lowest BCUT2D eigenvalue weighted by Crippen LogP contribution is -2.51. The summed E-state index contributed by atoms with van der Waals surface area (Å²) >= 11 is 6.13. The largest absolute Gasteiger partial charge is 0.392 e. The van der Waals surface area contributed by atoms with Crippen LogP contribution >= 0.6 is 11.6 Å². The number of nitrogens with zero attached hydrogens (tertiary/aromatic N) is 1. The molecule has 3 rings (SSSR count).